The van der Waals surface area contributed by atoms with Gasteiger partial charge in [-0.1, -0.05) is 0 Å². The fourth-order valence-corrected chi connectivity index (χ4v) is 0.903. The molecule has 0 aliphatic rings. The number of anilines is 2. The highest BCUT2D eigenvalue weighted by atomic mass is 16.5. The van der Waals surface area contributed by atoms with Gasteiger partial charge in [0.2, 0.25) is 0 Å². The normalized spacial score (nSPS) is 9.64. The summed E-state index contributed by atoms with van der Waals surface area (Å²) in [6.07, 6.45) is 0. The Morgan fingerprint density at radius 2 is 1.82 bits per heavy atom. The van der Waals surface area contributed by atoms with Crippen molar-refractivity contribution in [2.45, 2.75) is 6.92 Å². The van der Waals surface area contributed by atoms with Crippen molar-refractivity contribution in [3.8, 4) is 5.75 Å². The fourth-order valence-electron chi connectivity index (χ4n) is 0.903. The topological polar surface area (TPSA) is 61.3 Å². The van der Waals surface area contributed by atoms with Crippen LogP contribution in [0.25, 0.3) is 0 Å². The van der Waals surface area contributed by atoms with Crippen molar-refractivity contribution in [1.29, 1.82) is 0 Å². The second kappa shape index (κ2) is 2.70. The molecule has 0 saturated heterocycles. The molecule has 0 heterocycles. The lowest BCUT2D eigenvalue weighted by atomic mass is 10.2. The van der Waals surface area contributed by atoms with Crippen LogP contribution in [0, 0.1) is 6.92 Å². The standard InChI is InChI=1S/C8H12N2O/c1-5-3-7(10)8(11-2)4-6(5)9/h3-4H,9-10H2,1-2H3. The Morgan fingerprint density at radius 3 is 2.36 bits per heavy atom. The summed E-state index contributed by atoms with van der Waals surface area (Å²) in [7, 11) is 1.57. The van der Waals surface area contributed by atoms with Gasteiger partial charge in [0.1, 0.15) is 5.75 Å². The molecule has 0 atom stereocenters. The van der Waals surface area contributed by atoms with Gasteiger partial charge < -0.3 is 16.2 Å². The van der Waals surface area contributed by atoms with E-state index in [9.17, 15) is 0 Å². The number of hydrogen-bond donors (Lipinski definition) is 2. The van der Waals surface area contributed by atoms with Gasteiger partial charge in [0.25, 0.3) is 0 Å². The SMILES string of the molecule is COc1cc(N)c(C)cc1N. The summed E-state index contributed by atoms with van der Waals surface area (Å²) in [6, 6.07) is 3.53. The zero-order chi connectivity index (χ0) is 8.43. The van der Waals surface area contributed by atoms with Crippen LogP contribution >= 0.6 is 0 Å². The van der Waals surface area contributed by atoms with Gasteiger partial charge in [-0.3, -0.25) is 0 Å². The zero-order valence-electron chi connectivity index (χ0n) is 6.72. The molecule has 0 unspecified atom stereocenters. The van der Waals surface area contributed by atoms with Crippen LogP contribution in [0.4, 0.5) is 11.4 Å². The first kappa shape index (κ1) is 7.72. The van der Waals surface area contributed by atoms with Crippen LogP contribution in [0.15, 0.2) is 12.1 Å². The van der Waals surface area contributed by atoms with E-state index in [1.807, 2.05) is 6.92 Å². The molecule has 0 fully saturated rings. The molecule has 1 rings (SSSR count). The number of rotatable bonds is 1. The van der Waals surface area contributed by atoms with Crippen molar-refractivity contribution in [3.63, 3.8) is 0 Å². The van der Waals surface area contributed by atoms with Gasteiger partial charge >= 0.3 is 0 Å². The summed E-state index contributed by atoms with van der Waals surface area (Å²) < 4.78 is 4.98. The average molecular weight is 152 g/mol. The maximum absolute atomic E-state index is 5.63. The first-order valence-corrected chi connectivity index (χ1v) is 3.34. The Labute approximate surface area is 66.0 Å². The van der Waals surface area contributed by atoms with Crippen LogP contribution in [-0.4, -0.2) is 7.11 Å². The summed E-state index contributed by atoms with van der Waals surface area (Å²) in [5, 5.41) is 0. The first-order valence-electron chi connectivity index (χ1n) is 3.34. The summed E-state index contributed by atoms with van der Waals surface area (Å²) in [5.74, 6) is 0.633. The fraction of sp³-hybridized carbons (Fsp3) is 0.250. The molecule has 0 saturated carbocycles. The quantitative estimate of drug-likeness (QED) is 0.594. The number of benzene rings is 1. The third-order valence-corrected chi connectivity index (χ3v) is 1.62. The lowest BCUT2D eigenvalue weighted by Gasteiger charge is -2.06. The second-order valence-electron chi connectivity index (χ2n) is 2.45. The number of nitrogen functional groups attached to an aromatic ring is 2. The average Bonchev–Trinajstić information content (AvgIpc) is 1.97. The molecule has 0 spiro atoms. The predicted octanol–water partition coefficient (Wildman–Crippen LogP) is 1.17. The largest absolute Gasteiger partial charge is 0.495 e. The number of aryl methyl sites for hydroxylation is 1. The van der Waals surface area contributed by atoms with Crippen molar-refractivity contribution >= 4 is 11.4 Å². The number of methoxy groups -OCH3 is 1. The molecule has 60 valence electrons. The Kier molecular flexibility index (Phi) is 1.89. The molecule has 0 aliphatic carbocycles. The second-order valence-corrected chi connectivity index (χ2v) is 2.45. The van der Waals surface area contributed by atoms with E-state index < -0.39 is 0 Å². The molecule has 0 radical (unpaired) electrons. The van der Waals surface area contributed by atoms with Crippen molar-refractivity contribution in [2.24, 2.45) is 0 Å². The van der Waals surface area contributed by atoms with Crippen LogP contribution < -0.4 is 16.2 Å². The van der Waals surface area contributed by atoms with Gasteiger partial charge in [-0.15, -0.1) is 0 Å². The van der Waals surface area contributed by atoms with E-state index in [-0.39, 0.29) is 0 Å². The summed E-state index contributed by atoms with van der Waals surface area (Å²) >= 11 is 0. The van der Waals surface area contributed by atoms with E-state index >= 15 is 0 Å². The van der Waals surface area contributed by atoms with Gasteiger partial charge in [0.05, 0.1) is 12.8 Å². The number of ether oxygens (including phenoxy) is 1. The third kappa shape index (κ3) is 1.37. The van der Waals surface area contributed by atoms with Crippen LogP contribution in [0.3, 0.4) is 0 Å². The molecule has 0 bridgehead atoms. The molecular weight excluding hydrogens is 140 g/mol. The smallest absolute Gasteiger partial charge is 0.143 e. The molecule has 1 aromatic rings. The lowest BCUT2D eigenvalue weighted by molar-refractivity contribution is 0.417. The molecule has 11 heavy (non-hydrogen) atoms. The van der Waals surface area contributed by atoms with E-state index in [0.29, 0.717) is 17.1 Å². The zero-order valence-corrected chi connectivity index (χ0v) is 6.72. The van der Waals surface area contributed by atoms with Crippen molar-refractivity contribution in [1.82, 2.24) is 0 Å². The third-order valence-electron chi connectivity index (χ3n) is 1.62. The minimum atomic E-state index is 0.624. The van der Waals surface area contributed by atoms with Gasteiger partial charge in [-0.05, 0) is 18.6 Å². The minimum absolute atomic E-state index is 0.624. The highest BCUT2D eigenvalue weighted by molar-refractivity contribution is 5.63. The molecular formula is C8H12N2O. The first-order chi connectivity index (χ1) is 5.15. The van der Waals surface area contributed by atoms with Gasteiger partial charge in [-0.25, -0.2) is 0 Å². The highest BCUT2D eigenvalue weighted by Gasteiger charge is 2.01. The van der Waals surface area contributed by atoms with E-state index in [4.69, 9.17) is 16.2 Å². The van der Waals surface area contributed by atoms with Gasteiger partial charge in [0, 0.05) is 11.8 Å². The van der Waals surface area contributed by atoms with E-state index in [1.165, 1.54) is 0 Å². The van der Waals surface area contributed by atoms with Crippen molar-refractivity contribution < 1.29 is 4.74 Å². The number of hydrogen-bond acceptors (Lipinski definition) is 3. The van der Waals surface area contributed by atoms with Crippen LogP contribution in [-0.2, 0) is 0 Å². The molecule has 3 nitrogen and oxygen atoms in total. The molecule has 0 aliphatic heterocycles. The predicted molar refractivity (Wildman–Crippen MR) is 46.6 cm³/mol. The van der Waals surface area contributed by atoms with Crippen LogP contribution in [0.1, 0.15) is 5.56 Å². The minimum Gasteiger partial charge on any atom is -0.495 e. The monoisotopic (exact) mass is 152 g/mol. The van der Waals surface area contributed by atoms with E-state index in [0.717, 1.165) is 5.56 Å². The van der Waals surface area contributed by atoms with E-state index in [1.54, 1.807) is 19.2 Å². The molecule has 0 aromatic heterocycles. The van der Waals surface area contributed by atoms with E-state index in [2.05, 4.69) is 0 Å². The lowest BCUT2D eigenvalue weighted by Crippen LogP contribution is -1.96. The summed E-state index contributed by atoms with van der Waals surface area (Å²) in [6.45, 7) is 1.91. The highest BCUT2D eigenvalue weighted by Crippen LogP contribution is 2.26. The van der Waals surface area contributed by atoms with Crippen molar-refractivity contribution in [2.75, 3.05) is 18.6 Å². The Hall–Kier alpha value is -1.38. The molecule has 4 N–H and O–H groups in total. The Bertz CT molecular complexity index is 271. The molecule has 1 aromatic carbocycles. The molecule has 3 heteroatoms. The van der Waals surface area contributed by atoms with Gasteiger partial charge in [0.15, 0.2) is 0 Å². The van der Waals surface area contributed by atoms with Crippen LogP contribution in [0.5, 0.6) is 5.75 Å². The Morgan fingerprint density at radius 1 is 1.18 bits per heavy atom. The molecule has 0 amide bonds. The van der Waals surface area contributed by atoms with Gasteiger partial charge in [-0.2, -0.15) is 0 Å². The van der Waals surface area contributed by atoms with Crippen molar-refractivity contribution in [3.05, 3.63) is 17.7 Å². The number of nitrogens with two attached hydrogens (primary N) is 2. The summed E-state index contributed by atoms with van der Waals surface area (Å²) in [5.41, 5.74) is 13.6. The van der Waals surface area contributed by atoms with Crippen LogP contribution in [0.2, 0.25) is 0 Å². The summed E-state index contributed by atoms with van der Waals surface area (Å²) in [4.78, 5) is 0. The maximum atomic E-state index is 5.63. The Balaban J connectivity index is 3.21. The maximum Gasteiger partial charge on any atom is 0.143 e.